The minimum Gasteiger partial charge on any atom is -0.481 e. The van der Waals surface area contributed by atoms with Crippen LogP contribution in [0.2, 0.25) is 0 Å². The van der Waals surface area contributed by atoms with Gasteiger partial charge >= 0.3 is 5.97 Å². The van der Waals surface area contributed by atoms with Crippen LogP contribution in [-0.2, 0) is 14.9 Å². The number of hydrogen-bond donors (Lipinski definition) is 2. The van der Waals surface area contributed by atoms with E-state index in [2.05, 4.69) is 0 Å². The largest absolute Gasteiger partial charge is 0.481 e. The zero-order valence-corrected chi connectivity index (χ0v) is 10.2. The second-order valence-electron chi connectivity index (χ2n) is 4.53. The zero-order chi connectivity index (χ0) is 14.0. The van der Waals surface area contributed by atoms with E-state index >= 15 is 0 Å². The number of carbonyl (C=O) groups is 1. The van der Waals surface area contributed by atoms with E-state index in [0.717, 1.165) is 0 Å². The van der Waals surface area contributed by atoms with Crippen molar-refractivity contribution in [3.8, 4) is 0 Å². The van der Waals surface area contributed by atoms with Crippen molar-refractivity contribution >= 4 is 17.3 Å². The van der Waals surface area contributed by atoms with Crippen LogP contribution in [-0.4, -0.2) is 29.2 Å². The number of benzene rings is 1. The lowest BCUT2D eigenvalue weighted by Crippen LogP contribution is -2.41. The molecule has 19 heavy (non-hydrogen) atoms. The van der Waals surface area contributed by atoms with Gasteiger partial charge in [0, 0.05) is 31.0 Å². The summed E-state index contributed by atoms with van der Waals surface area (Å²) in [5.41, 5.74) is 5.02. The van der Waals surface area contributed by atoms with Gasteiger partial charge < -0.3 is 15.6 Å². The average molecular weight is 266 g/mol. The predicted octanol–water partition coefficient (Wildman–Crippen LogP) is 1.31. The van der Waals surface area contributed by atoms with Gasteiger partial charge in [0.1, 0.15) is 0 Å². The number of nitrogens with zero attached hydrogens (tertiary/aromatic N) is 1. The fraction of sp³-hybridized carbons (Fsp3) is 0.417. The Balaban J connectivity index is 2.55. The number of nitrogens with two attached hydrogens (primary N) is 1. The number of nitrogen functional groups attached to an aromatic ring is 1. The first-order chi connectivity index (χ1) is 8.97. The van der Waals surface area contributed by atoms with Crippen molar-refractivity contribution in [1.29, 1.82) is 0 Å². The minimum atomic E-state index is -1.20. The van der Waals surface area contributed by atoms with Gasteiger partial charge in [-0.3, -0.25) is 14.9 Å². The van der Waals surface area contributed by atoms with Crippen LogP contribution in [0.15, 0.2) is 18.2 Å². The molecule has 102 valence electrons. The van der Waals surface area contributed by atoms with Gasteiger partial charge in [-0.25, -0.2) is 0 Å². The van der Waals surface area contributed by atoms with E-state index < -0.39 is 16.3 Å². The van der Waals surface area contributed by atoms with Gasteiger partial charge in [-0.2, -0.15) is 0 Å². The van der Waals surface area contributed by atoms with Crippen molar-refractivity contribution in [3.63, 3.8) is 0 Å². The van der Waals surface area contributed by atoms with Gasteiger partial charge in [0.05, 0.1) is 10.3 Å². The molecule has 0 aromatic heterocycles. The molecule has 0 spiro atoms. The van der Waals surface area contributed by atoms with Gasteiger partial charge in [-0.15, -0.1) is 0 Å². The van der Waals surface area contributed by atoms with Crippen molar-refractivity contribution in [1.82, 2.24) is 0 Å². The molecule has 0 saturated carbocycles. The number of ether oxygens (including phenoxy) is 1. The van der Waals surface area contributed by atoms with Gasteiger partial charge in [-0.05, 0) is 24.5 Å². The molecule has 0 aliphatic carbocycles. The quantitative estimate of drug-likeness (QED) is 0.484. The summed E-state index contributed by atoms with van der Waals surface area (Å²) in [4.78, 5) is 21.9. The van der Waals surface area contributed by atoms with Crippen molar-refractivity contribution in [3.05, 3.63) is 33.9 Å². The monoisotopic (exact) mass is 266 g/mol. The first kappa shape index (κ1) is 13.3. The van der Waals surface area contributed by atoms with Crippen LogP contribution in [0.1, 0.15) is 18.4 Å². The number of nitro groups is 1. The van der Waals surface area contributed by atoms with E-state index in [9.17, 15) is 20.0 Å². The number of non-ortho nitro benzene ring substituents is 1. The van der Waals surface area contributed by atoms with E-state index in [1.807, 2.05) is 0 Å². The normalized spacial score (nSPS) is 17.9. The van der Waals surface area contributed by atoms with Crippen LogP contribution >= 0.6 is 0 Å². The summed E-state index contributed by atoms with van der Waals surface area (Å²) < 4.78 is 5.18. The van der Waals surface area contributed by atoms with Crippen molar-refractivity contribution in [2.45, 2.75) is 18.3 Å². The highest BCUT2D eigenvalue weighted by Gasteiger charge is 2.43. The first-order valence-electron chi connectivity index (χ1n) is 5.83. The smallest absolute Gasteiger partial charge is 0.314 e. The highest BCUT2D eigenvalue weighted by Crippen LogP contribution is 2.39. The summed E-state index contributed by atoms with van der Waals surface area (Å²) in [7, 11) is 0. The second kappa shape index (κ2) is 4.85. The van der Waals surface area contributed by atoms with E-state index in [0.29, 0.717) is 18.8 Å². The molecule has 1 aromatic rings. The number of carboxylic acid groups (broad SMARTS) is 1. The van der Waals surface area contributed by atoms with Crippen LogP contribution < -0.4 is 5.73 Å². The molecule has 0 unspecified atom stereocenters. The van der Waals surface area contributed by atoms with Crippen molar-refractivity contribution < 1.29 is 19.6 Å². The molecule has 0 bridgehead atoms. The van der Waals surface area contributed by atoms with Crippen LogP contribution in [0.25, 0.3) is 0 Å². The third-order valence-corrected chi connectivity index (χ3v) is 3.52. The van der Waals surface area contributed by atoms with Crippen LogP contribution in [0.5, 0.6) is 0 Å². The van der Waals surface area contributed by atoms with E-state index in [-0.39, 0.29) is 24.2 Å². The molecular formula is C12H14N2O5. The molecule has 1 heterocycles. The molecule has 0 amide bonds. The summed E-state index contributed by atoms with van der Waals surface area (Å²) in [5.74, 6) is -1.03. The van der Waals surface area contributed by atoms with Crippen molar-refractivity contribution in [2.75, 3.05) is 18.9 Å². The Bertz CT molecular complexity index is 523. The van der Waals surface area contributed by atoms with E-state index in [4.69, 9.17) is 10.5 Å². The highest BCUT2D eigenvalue weighted by molar-refractivity contribution is 5.84. The molecule has 3 N–H and O–H groups in total. The molecule has 1 saturated heterocycles. The molecule has 1 aliphatic rings. The average Bonchev–Trinajstić information content (AvgIpc) is 2.39. The molecule has 1 aromatic carbocycles. The van der Waals surface area contributed by atoms with Gasteiger partial charge in [0.25, 0.3) is 5.69 Å². The molecule has 1 fully saturated rings. The number of rotatable bonds is 3. The maximum Gasteiger partial charge on any atom is 0.314 e. The SMILES string of the molecule is Nc1ccc([N+](=O)[O-])cc1C1(C(=O)O)CCOCC1. The van der Waals surface area contributed by atoms with Gasteiger partial charge in [0.15, 0.2) is 0 Å². The second-order valence-corrected chi connectivity index (χ2v) is 4.53. The lowest BCUT2D eigenvalue weighted by Gasteiger charge is -2.34. The molecule has 2 rings (SSSR count). The number of anilines is 1. The Morgan fingerprint density at radius 1 is 1.42 bits per heavy atom. The molecule has 0 atom stereocenters. The Kier molecular flexibility index (Phi) is 3.39. The Morgan fingerprint density at radius 3 is 2.58 bits per heavy atom. The van der Waals surface area contributed by atoms with Crippen LogP contribution in [0.4, 0.5) is 11.4 Å². The number of hydrogen-bond acceptors (Lipinski definition) is 5. The summed E-state index contributed by atoms with van der Waals surface area (Å²) in [6.07, 6.45) is 0.515. The van der Waals surface area contributed by atoms with E-state index in [1.54, 1.807) is 0 Å². The third-order valence-electron chi connectivity index (χ3n) is 3.52. The standard InChI is InChI=1S/C12H14N2O5/c13-10-2-1-8(14(17)18)7-9(10)12(11(15)16)3-5-19-6-4-12/h1-2,7H,3-6,13H2,(H,15,16). The maximum absolute atomic E-state index is 11.6. The highest BCUT2D eigenvalue weighted by atomic mass is 16.6. The lowest BCUT2D eigenvalue weighted by atomic mass is 9.73. The first-order valence-corrected chi connectivity index (χ1v) is 5.83. The zero-order valence-electron chi connectivity index (χ0n) is 10.2. The Morgan fingerprint density at radius 2 is 2.05 bits per heavy atom. The summed E-state index contributed by atoms with van der Waals surface area (Å²) in [6, 6.07) is 3.91. The molecule has 7 nitrogen and oxygen atoms in total. The minimum absolute atomic E-state index is 0.156. The fourth-order valence-electron chi connectivity index (χ4n) is 2.39. The molecule has 0 radical (unpaired) electrons. The Hall–Kier alpha value is -2.15. The number of carboxylic acids is 1. The summed E-state index contributed by atoms with van der Waals surface area (Å²) >= 11 is 0. The third kappa shape index (κ3) is 2.24. The molecule has 7 heteroatoms. The maximum atomic E-state index is 11.6. The number of aliphatic carboxylic acids is 1. The number of nitro benzene ring substituents is 1. The van der Waals surface area contributed by atoms with E-state index in [1.165, 1.54) is 18.2 Å². The van der Waals surface area contributed by atoms with Crippen LogP contribution in [0.3, 0.4) is 0 Å². The predicted molar refractivity (Wildman–Crippen MR) is 66.9 cm³/mol. The van der Waals surface area contributed by atoms with Gasteiger partial charge in [-0.1, -0.05) is 0 Å². The summed E-state index contributed by atoms with van der Waals surface area (Å²) in [6.45, 7) is 0.600. The van der Waals surface area contributed by atoms with Crippen molar-refractivity contribution in [2.24, 2.45) is 0 Å². The van der Waals surface area contributed by atoms with Crippen LogP contribution in [0, 0.1) is 10.1 Å². The Labute approximate surface area is 109 Å². The topological polar surface area (TPSA) is 116 Å². The molecule has 1 aliphatic heterocycles. The summed E-state index contributed by atoms with van der Waals surface area (Å²) in [5, 5.41) is 20.3. The molecular weight excluding hydrogens is 252 g/mol. The lowest BCUT2D eigenvalue weighted by molar-refractivity contribution is -0.384. The fourth-order valence-corrected chi connectivity index (χ4v) is 2.39. The van der Waals surface area contributed by atoms with Gasteiger partial charge in [0.2, 0.25) is 0 Å².